The van der Waals surface area contributed by atoms with E-state index >= 15 is 0 Å². The number of carbonyl (C=O) groups is 3. The standard InChI is InChI=1S/C20H12F2N2O3/c21-14-8-3-9-15(22)18(14)23-16(25)10-24-19(26)12-6-1-4-11-5-2-7-13(17(11)12)20(24)27/h1-9H,10H2,(H,23,25). The molecule has 0 saturated heterocycles. The molecule has 1 aliphatic rings. The van der Waals surface area contributed by atoms with Crippen molar-refractivity contribution in [1.29, 1.82) is 0 Å². The average molecular weight is 366 g/mol. The first kappa shape index (κ1) is 16.8. The number of hydrogen-bond donors (Lipinski definition) is 1. The molecule has 7 heteroatoms. The van der Waals surface area contributed by atoms with E-state index in [1.807, 2.05) is 0 Å². The Balaban J connectivity index is 1.65. The normalized spacial score (nSPS) is 13.2. The molecule has 0 fully saturated rings. The lowest BCUT2D eigenvalue weighted by Crippen LogP contribution is -2.44. The van der Waals surface area contributed by atoms with Crippen molar-refractivity contribution in [3.05, 3.63) is 77.4 Å². The minimum Gasteiger partial charge on any atom is -0.320 e. The number of nitrogens with one attached hydrogen (secondary N) is 1. The number of para-hydroxylation sites is 1. The van der Waals surface area contributed by atoms with Crippen molar-refractivity contribution in [2.75, 3.05) is 11.9 Å². The Morgan fingerprint density at radius 1 is 0.852 bits per heavy atom. The van der Waals surface area contributed by atoms with E-state index in [4.69, 9.17) is 0 Å². The van der Waals surface area contributed by atoms with Crippen LogP contribution in [0, 0.1) is 11.6 Å². The Morgan fingerprint density at radius 3 is 1.93 bits per heavy atom. The molecule has 0 saturated carbocycles. The Bertz CT molecular complexity index is 1060. The van der Waals surface area contributed by atoms with Crippen LogP contribution in [0.2, 0.25) is 0 Å². The van der Waals surface area contributed by atoms with Crippen LogP contribution >= 0.6 is 0 Å². The summed E-state index contributed by atoms with van der Waals surface area (Å²) in [6, 6.07) is 13.2. The summed E-state index contributed by atoms with van der Waals surface area (Å²) in [6.45, 7) is -0.657. The first-order chi connectivity index (χ1) is 13.0. The Hall–Kier alpha value is -3.61. The smallest absolute Gasteiger partial charge is 0.261 e. The molecule has 1 heterocycles. The number of carbonyl (C=O) groups excluding carboxylic acids is 3. The summed E-state index contributed by atoms with van der Waals surface area (Å²) in [5.41, 5.74) is -0.0259. The van der Waals surface area contributed by atoms with Crippen molar-refractivity contribution >= 4 is 34.2 Å². The van der Waals surface area contributed by atoms with Crippen molar-refractivity contribution < 1.29 is 23.2 Å². The summed E-state index contributed by atoms with van der Waals surface area (Å²) in [6.07, 6.45) is 0. The van der Waals surface area contributed by atoms with Gasteiger partial charge in [-0.15, -0.1) is 0 Å². The molecular weight excluding hydrogens is 354 g/mol. The molecule has 0 spiro atoms. The molecule has 0 bridgehead atoms. The van der Waals surface area contributed by atoms with E-state index in [2.05, 4.69) is 5.32 Å². The number of benzene rings is 3. The van der Waals surface area contributed by atoms with Crippen LogP contribution in [0.5, 0.6) is 0 Å². The predicted octanol–water partition coefficient (Wildman–Crippen LogP) is 3.35. The molecule has 3 amide bonds. The first-order valence-corrected chi connectivity index (χ1v) is 8.09. The zero-order chi connectivity index (χ0) is 19.1. The maximum absolute atomic E-state index is 13.7. The van der Waals surface area contributed by atoms with E-state index in [0.29, 0.717) is 16.5 Å². The van der Waals surface area contributed by atoms with E-state index < -0.39 is 41.6 Å². The summed E-state index contributed by atoms with van der Waals surface area (Å²) >= 11 is 0. The summed E-state index contributed by atoms with van der Waals surface area (Å²) in [5, 5.41) is 3.35. The van der Waals surface area contributed by atoms with Crippen LogP contribution in [-0.2, 0) is 4.79 Å². The molecule has 134 valence electrons. The number of halogens is 2. The second-order valence-corrected chi connectivity index (χ2v) is 6.05. The van der Waals surface area contributed by atoms with Gasteiger partial charge in [-0.3, -0.25) is 19.3 Å². The maximum atomic E-state index is 13.7. The fourth-order valence-corrected chi connectivity index (χ4v) is 3.16. The van der Waals surface area contributed by atoms with Crippen molar-refractivity contribution in [3.63, 3.8) is 0 Å². The third-order valence-electron chi connectivity index (χ3n) is 4.38. The molecule has 27 heavy (non-hydrogen) atoms. The monoisotopic (exact) mass is 366 g/mol. The SMILES string of the molecule is O=C(CN1C(=O)c2cccc3cccc(c23)C1=O)Nc1c(F)cccc1F. The van der Waals surface area contributed by atoms with Crippen LogP contribution in [0.15, 0.2) is 54.6 Å². The van der Waals surface area contributed by atoms with Gasteiger partial charge in [0.1, 0.15) is 23.9 Å². The number of imide groups is 1. The molecular formula is C20H12F2N2O3. The molecule has 1 aliphatic heterocycles. The third-order valence-corrected chi connectivity index (χ3v) is 4.38. The summed E-state index contributed by atoms with van der Waals surface area (Å²) < 4.78 is 27.4. The van der Waals surface area contributed by atoms with E-state index in [1.165, 1.54) is 0 Å². The Morgan fingerprint density at radius 2 is 1.37 bits per heavy atom. The van der Waals surface area contributed by atoms with Gasteiger partial charge >= 0.3 is 0 Å². The van der Waals surface area contributed by atoms with Crippen LogP contribution in [0.25, 0.3) is 10.8 Å². The van der Waals surface area contributed by atoms with Gasteiger partial charge in [-0.2, -0.15) is 0 Å². The number of nitrogens with zero attached hydrogens (tertiary/aromatic N) is 1. The van der Waals surface area contributed by atoms with Crippen molar-refractivity contribution in [1.82, 2.24) is 4.90 Å². The fourth-order valence-electron chi connectivity index (χ4n) is 3.16. The van der Waals surface area contributed by atoms with E-state index in [1.54, 1.807) is 36.4 Å². The van der Waals surface area contributed by atoms with Crippen LogP contribution in [0.4, 0.5) is 14.5 Å². The molecule has 3 aromatic carbocycles. The molecule has 0 aromatic heterocycles. The van der Waals surface area contributed by atoms with Crippen LogP contribution < -0.4 is 5.32 Å². The molecule has 1 N–H and O–H groups in total. The second kappa shape index (κ2) is 6.28. The molecule has 0 atom stereocenters. The lowest BCUT2D eigenvalue weighted by Gasteiger charge is -2.26. The highest BCUT2D eigenvalue weighted by Crippen LogP contribution is 2.30. The largest absolute Gasteiger partial charge is 0.320 e. The average Bonchev–Trinajstić information content (AvgIpc) is 2.66. The highest BCUT2D eigenvalue weighted by atomic mass is 19.1. The summed E-state index contributed by atoms with van der Waals surface area (Å²) in [4.78, 5) is 38.4. The Kier molecular flexibility index (Phi) is 3.92. The van der Waals surface area contributed by atoms with Gasteiger partial charge in [0.2, 0.25) is 5.91 Å². The second-order valence-electron chi connectivity index (χ2n) is 6.05. The maximum Gasteiger partial charge on any atom is 0.261 e. The molecule has 3 aromatic rings. The lowest BCUT2D eigenvalue weighted by molar-refractivity contribution is -0.116. The highest BCUT2D eigenvalue weighted by Gasteiger charge is 2.34. The molecule has 0 radical (unpaired) electrons. The van der Waals surface area contributed by atoms with Gasteiger partial charge in [-0.25, -0.2) is 8.78 Å². The van der Waals surface area contributed by atoms with Crippen molar-refractivity contribution in [3.8, 4) is 0 Å². The first-order valence-electron chi connectivity index (χ1n) is 8.09. The van der Waals surface area contributed by atoms with E-state index in [-0.39, 0.29) is 0 Å². The zero-order valence-corrected chi connectivity index (χ0v) is 13.8. The fraction of sp³-hybridized carbons (Fsp3) is 0.0500. The molecule has 0 aliphatic carbocycles. The van der Waals surface area contributed by atoms with Crippen molar-refractivity contribution in [2.24, 2.45) is 0 Å². The topological polar surface area (TPSA) is 66.5 Å². The summed E-state index contributed by atoms with van der Waals surface area (Å²) in [5.74, 6) is -4.04. The summed E-state index contributed by atoms with van der Waals surface area (Å²) in [7, 11) is 0. The van der Waals surface area contributed by atoms with E-state index in [0.717, 1.165) is 28.5 Å². The van der Waals surface area contributed by atoms with Gasteiger partial charge in [-0.1, -0.05) is 30.3 Å². The number of amides is 3. The third kappa shape index (κ3) is 2.73. The van der Waals surface area contributed by atoms with E-state index in [9.17, 15) is 23.2 Å². The van der Waals surface area contributed by atoms with Gasteiger partial charge in [0.15, 0.2) is 0 Å². The minimum atomic E-state index is -0.949. The van der Waals surface area contributed by atoms with Gasteiger partial charge in [0, 0.05) is 16.5 Å². The van der Waals surface area contributed by atoms with Crippen LogP contribution in [-0.4, -0.2) is 29.2 Å². The zero-order valence-electron chi connectivity index (χ0n) is 13.8. The number of hydrogen-bond acceptors (Lipinski definition) is 3. The van der Waals surface area contributed by atoms with Gasteiger partial charge in [0.05, 0.1) is 0 Å². The van der Waals surface area contributed by atoms with Gasteiger partial charge < -0.3 is 5.32 Å². The number of rotatable bonds is 3. The van der Waals surface area contributed by atoms with Crippen LogP contribution in [0.3, 0.4) is 0 Å². The predicted molar refractivity (Wildman–Crippen MR) is 94.3 cm³/mol. The quantitative estimate of drug-likeness (QED) is 0.723. The van der Waals surface area contributed by atoms with Crippen molar-refractivity contribution in [2.45, 2.75) is 0 Å². The minimum absolute atomic E-state index is 0.299. The molecule has 5 nitrogen and oxygen atoms in total. The molecule has 4 rings (SSSR count). The highest BCUT2D eigenvalue weighted by molar-refractivity contribution is 6.26. The van der Waals surface area contributed by atoms with Crippen LogP contribution in [0.1, 0.15) is 20.7 Å². The van der Waals surface area contributed by atoms with Gasteiger partial charge in [-0.05, 0) is 29.7 Å². The van der Waals surface area contributed by atoms with Gasteiger partial charge in [0.25, 0.3) is 11.8 Å². The Labute approximate surface area is 152 Å². The lowest BCUT2D eigenvalue weighted by atomic mass is 9.94. The number of anilines is 1. The molecule has 0 unspecified atom stereocenters.